The number of halogens is 4. The number of pyridine rings is 1. The van der Waals surface area contributed by atoms with E-state index in [4.69, 9.17) is 11.6 Å². The number of hydrogen-bond acceptors (Lipinski definition) is 4. The third kappa shape index (κ3) is 4.87. The first-order valence-electron chi connectivity index (χ1n) is 11.7. The molecule has 1 saturated heterocycles. The largest absolute Gasteiger partial charge is 0.416 e. The molecule has 38 heavy (non-hydrogen) atoms. The van der Waals surface area contributed by atoms with Crippen molar-refractivity contribution < 1.29 is 22.8 Å². The summed E-state index contributed by atoms with van der Waals surface area (Å²) in [6.07, 6.45) is 1.91. The molecular weight excluding hydrogens is 519 g/mol. The fraction of sp³-hybridized carbons (Fsp3) is 0.185. The molecule has 11 heteroatoms. The summed E-state index contributed by atoms with van der Waals surface area (Å²) in [6.45, 7) is 4.78. The molecule has 1 aliphatic rings. The van der Waals surface area contributed by atoms with E-state index in [-0.39, 0.29) is 28.2 Å². The van der Waals surface area contributed by atoms with Gasteiger partial charge in [0, 0.05) is 42.5 Å². The van der Waals surface area contributed by atoms with Crippen LogP contribution in [0.4, 0.5) is 19.0 Å². The molecule has 194 valence electrons. The number of nitrogens with one attached hydrogen (secondary N) is 1. The molecule has 4 heterocycles. The third-order valence-electron chi connectivity index (χ3n) is 6.56. The number of amides is 2. The van der Waals surface area contributed by atoms with Crippen molar-refractivity contribution in [2.24, 2.45) is 0 Å². The zero-order valence-electron chi connectivity index (χ0n) is 19.9. The lowest BCUT2D eigenvalue weighted by Gasteiger charge is -2.13. The van der Waals surface area contributed by atoms with Crippen LogP contribution >= 0.6 is 11.6 Å². The van der Waals surface area contributed by atoms with E-state index in [2.05, 4.69) is 21.9 Å². The van der Waals surface area contributed by atoms with Crippen LogP contribution in [0.1, 0.15) is 33.8 Å². The summed E-state index contributed by atoms with van der Waals surface area (Å²) in [5.74, 6) is -0.853. The van der Waals surface area contributed by atoms with Crippen molar-refractivity contribution in [1.29, 1.82) is 0 Å². The second-order valence-electron chi connectivity index (χ2n) is 8.87. The summed E-state index contributed by atoms with van der Waals surface area (Å²) in [5.41, 5.74) is 2.63. The average molecular weight is 540 g/mol. The lowest BCUT2D eigenvalue weighted by atomic mass is 9.98. The Morgan fingerprint density at radius 2 is 1.95 bits per heavy atom. The monoisotopic (exact) mass is 539 g/mol. The number of alkyl halides is 3. The zero-order valence-corrected chi connectivity index (χ0v) is 20.6. The Kier molecular flexibility index (Phi) is 6.66. The van der Waals surface area contributed by atoms with Crippen molar-refractivity contribution in [3.8, 4) is 11.3 Å². The quantitative estimate of drug-likeness (QED) is 0.324. The maximum Gasteiger partial charge on any atom is 0.416 e. The molecule has 2 amide bonds. The van der Waals surface area contributed by atoms with Crippen LogP contribution in [-0.2, 0) is 11.0 Å². The van der Waals surface area contributed by atoms with Crippen molar-refractivity contribution >= 4 is 34.7 Å². The first-order chi connectivity index (χ1) is 18.2. The summed E-state index contributed by atoms with van der Waals surface area (Å²) < 4.78 is 40.9. The highest BCUT2D eigenvalue weighted by Gasteiger charge is 2.31. The van der Waals surface area contributed by atoms with Gasteiger partial charge in [-0.15, -0.1) is 0 Å². The number of likely N-dealkylation sites (tertiary alicyclic amines) is 1. The van der Waals surface area contributed by atoms with Crippen LogP contribution in [0.5, 0.6) is 0 Å². The molecule has 1 aromatic carbocycles. The minimum Gasteiger partial charge on any atom is -0.339 e. The van der Waals surface area contributed by atoms with Gasteiger partial charge in [-0.1, -0.05) is 24.2 Å². The second kappa shape index (κ2) is 9.94. The zero-order chi connectivity index (χ0) is 27.0. The molecule has 0 saturated carbocycles. The highest BCUT2D eigenvalue weighted by Crippen LogP contribution is 2.38. The topological polar surface area (TPSA) is 79.6 Å². The Morgan fingerprint density at radius 1 is 1.13 bits per heavy atom. The van der Waals surface area contributed by atoms with Gasteiger partial charge in [0.25, 0.3) is 5.91 Å². The van der Waals surface area contributed by atoms with Crippen molar-refractivity contribution in [3.05, 3.63) is 95.6 Å². The predicted octanol–water partition coefficient (Wildman–Crippen LogP) is 5.82. The normalized spacial score (nSPS) is 15.6. The lowest BCUT2D eigenvalue weighted by molar-refractivity contribution is -0.137. The van der Waals surface area contributed by atoms with Crippen LogP contribution in [-0.4, -0.2) is 44.2 Å². The number of rotatable bonds is 5. The van der Waals surface area contributed by atoms with Crippen LogP contribution in [0.3, 0.4) is 0 Å². The van der Waals surface area contributed by atoms with E-state index in [1.54, 1.807) is 29.6 Å². The highest BCUT2D eigenvalue weighted by molar-refractivity contribution is 6.33. The lowest BCUT2D eigenvalue weighted by Crippen LogP contribution is -2.26. The van der Waals surface area contributed by atoms with Crippen LogP contribution in [0.15, 0.2) is 73.8 Å². The number of carbonyl (C=O) groups is 2. The number of nitrogens with zero attached hydrogens (tertiary/aromatic N) is 4. The highest BCUT2D eigenvalue weighted by atomic mass is 35.5. The van der Waals surface area contributed by atoms with Gasteiger partial charge in [-0.25, -0.2) is 9.97 Å². The number of carbonyl (C=O) groups excluding carboxylic acids is 2. The van der Waals surface area contributed by atoms with E-state index in [1.807, 2.05) is 16.5 Å². The summed E-state index contributed by atoms with van der Waals surface area (Å²) >= 11 is 6.61. The number of fused-ring (bicyclic) bond motifs is 1. The molecule has 1 unspecified atom stereocenters. The van der Waals surface area contributed by atoms with Crippen molar-refractivity contribution in [2.45, 2.75) is 18.5 Å². The SMILES string of the molecule is C=CC(=O)N1CCC(c2cc(-c3ccc(C(=O)Nc4cc(C(F)(F)F)ccn4)cc3Cl)n3cnccc23)C1. The summed E-state index contributed by atoms with van der Waals surface area (Å²) in [7, 11) is 0. The van der Waals surface area contributed by atoms with Crippen LogP contribution in [0.2, 0.25) is 5.02 Å². The molecule has 1 atom stereocenters. The Bertz CT molecular complexity index is 1570. The van der Waals surface area contributed by atoms with Gasteiger partial charge in [-0.2, -0.15) is 13.2 Å². The molecule has 1 aliphatic heterocycles. The molecule has 3 aromatic heterocycles. The van der Waals surface area contributed by atoms with Crippen molar-refractivity contribution in [3.63, 3.8) is 0 Å². The van der Waals surface area contributed by atoms with Gasteiger partial charge in [-0.05, 0) is 54.5 Å². The summed E-state index contributed by atoms with van der Waals surface area (Å²) in [4.78, 5) is 34.6. The van der Waals surface area contributed by atoms with E-state index in [9.17, 15) is 22.8 Å². The first-order valence-corrected chi connectivity index (χ1v) is 12.0. The number of anilines is 1. The van der Waals surface area contributed by atoms with E-state index in [0.717, 1.165) is 41.5 Å². The van der Waals surface area contributed by atoms with Crippen molar-refractivity contribution in [1.82, 2.24) is 19.3 Å². The molecule has 0 spiro atoms. The standard InChI is InChI=1S/C27H21ClF3N5O2/c1-2-25(37)35-10-7-17(14-35)20-13-23(36-15-32-8-6-22(20)36)19-4-3-16(11-21(19)28)26(38)34-24-12-18(5-9-33-24)27(29,30)31/h2-6,8-9,11-13,15,17H,1,7,10,14H2,(H,33,34,38). The van der Waals surface area contributed by atoms with Gasteiger partial charge in [0.1, 0.15) is 5.82 Å². The Morgan fingerprint density at radius 3 is 2.68 bits per heavy atom. The molecule has 7 nitrogen and oxygen atoms in total. The Labute approximate surface area is 220 Å². The van der Waals surface area contributed by atoms with E-state index in [1.165, 1.54) is 12.1 Å². The number of benzene rings is 1. The van der Waals surface area contributed by atoms with Gasteiger partial charge in [-0.3, -0.25) is 9.59 Å². The molecule has 1 N–H and O–H groups in total. The van der Waals surface area contributed by atoms with E-state index in [0.29, 0.717) is 18.7 Å². The predicted molar refractivity (Wildman–Crippen MR) is 137 cm³/mol. The summed E-state index contributed by atoms with van der Waals surface area (Å²) in [6, 6.07) is 10.2. The maximum atomic E-state index is 13.0. The third-order valence-corrected chi connectivity index (χ3v) is 6.87. The van der Waals surface area contributed by atoms with Crippen molar-refractivity contribution in [2.75, 3.05) is 18.4 Å². The fourth-order valence-corrected chi connectivity index (χ4v) is 4.96. The van der Waals surface area contributed by atoms with E-state index < -0.39 is 17.6 Å². The first kappa shape index (κ1) is 25.5. The molecule has 0 radical (unpaired) electrons. The van der Waals surface area contributed by atoms with Crippen LogP contribution < -0.4 is 5.32 Å². The molecular formula is C27H21ClF3N5O2. The molecule has 5 rings (SSSR count). The van der Waals surface area contributed by atoms with Gasteiger partial charge in [0.05, 0.1) is 28.1 Å². The Balaban J connectivity index is 1.43. The fourth-order valence-electron chi connectivity index (χ4n) is 4.69. The van der Waals surface area contributed by atoms with Crippen LogP contribution in [0.25, 0.3) is 16.8 Å². The van der Waals surface area contributed by atoms with Gasteiger partial charge in [0.15, 0.2) is 0 Å². The molecule has 0 aliphatic carbocycles. The molecule has 0 bridgehead atoms. The smallest absolute Gasteiger partial charge is 0.339 e. The van der Waals surface area contributed by atoms with Gasteiger partial charge in [0.2, 0.25) is 5.91 Å². The maximum absolute atomic E-state index is 13.0. The van der Waals surface area contributed by atoms with Crippen LogP contribution in [0, 0.1) is 0 Å². The second-order valence-corrected chi connectivity index (χ2v) is 9.28. The minimum atomic E-state index is -4.56. The average Bonchev–Trinajstić information content (AvgIpc) is 3.53. The molecule has 1 fully saturated rings. The van der Waals surface area contributed by atoms with Gasteiger partial charge >= 0.3 is 6.18 Å². The summed E-state index contributed by atoms with van der Waals surface area (Å²) in [5, 5.41) is 2.66. The Hall–Kier alpha value is -4.18. The number of aromatic nitrogens is 3. The van der Waals surface area contributed by atoms with Gasteiger partial charge < -0.3 is 14.6 Å². The number of hydrogen-bond donors (Lipinski definition) is 1. The minimum absolute atomic E-state index is 0.102. The van der Waals surface area contributed by atoms with E-state index >= 15 is 0 Å². The molecule has 4 aromatic rings.